The molecule has 0 aliphatic rings. The van der Waals surface area contributed by atoms with Crippen molar-refractivity contribution in [1.29, 1.82) is 0 Å². The lowest BCUT2D eigenvalue weighted by Gasteiger charge is -2.06. The number of hydrazine groups is 1. The summed E-state index contributed by atoms with van der Waals surface area (Å²) in [5.41, 5.74) is 4.22. The molecule has 0 bridgehead atoms. The summed E-state index contributed by atoms with van der Waals surface area (Å²) in [6.07, 6.45) is 21.8. The van der Waals surface area contributed by atoms with Crippen LogP contribution in [0, 0.1) is 0 Å². The van der Waals surface area contributed by atoms with Crippen LogP contribution in [0.5, 0.6) is 0 Å². The zero-order chi connectivity index (χ0) is 20.3. The van der Waals surface area contributed by atoms with Crippen LogP contribution in [0.25, 0.3) is 0 Å². The highest BCUT2D eigenvalue weighted by molar-refractivity contribution is 5.90. The molecule has 4 heteroatoms. The van der Waals surface area contributed by atoms with Gasteiger partial charge in [-0.15, -0.1) is 0 Å². The number of benzene rings is 1. The quantitative estimate of drug-likeness (QED) is 0.117. The van der Waals surface area contributed by atoms with Gasteiger partial charge in [0.2, 0.25) is 5.91 Å². The Bertz CT molecular complexity index is 525. The van der Waals surface area contributed by atoms with Crippen molar-refractivity contribution >= 4 is 17.3 Å². The molecule has 0 spiro atoms. The van der Waals surface area contributed by atoms with Crippen LogP contribution in [0.2, 0.25) is 0 Å². The molecule has 1 aromatic rings. The van der Waals surface area contributed by atoms with E-state index in [2.05, 4.69) is 29.8 Å². The van der Waals surface area contributed by atoms with Gasteiger partial charge in [0.1, 0.15) is 0 Å². The SMILES string of the molecule is CCCCCCCC/C=C\CCCCCCCC(=O)Nc1ccc(NN)cc1. The summed E-state index contributed by atoms with van der Waals surface area (Å²) in [6.45, 7) is 2.27. The molecule has 158 valence electrons. The number of nitrogen functional groups attached to an aromatic ring is 1. The van der Waals surface area contributed by atoms with Crippen molar-refractivity contribution in [2.45, 2.75) is 96.8 Å². The second kappa shape index (κ2) is 17.3. The van der Waals surface area contributed by atoms with E-state index >= 15 is 0 Å². The summed E-state index contributed by atoms with van der Waals surface area (Å²) in [6, 6.07) is 7.40. The van der Waals surface area contributed by atoms with E-state index in [1.165, 1.54) is 70.6 Å². The molecule has 28 heavy (non-hydrogen) atoms. The predicted octanol–water partition coefficient (Wildman–Crippen LogP) is 6.95. The van der Waals surface area contributed by atoms with E-state index < -0.39 is 0 Å². The smallest absolute Gasteiger partial charge is 0.224 e. The van der Waals surface area contributed by atoms with Crippen LogP contribution in [-0.2, 0) is 4.79 Å². The Hall–Kier alpha value is -1.81. The molecule has 0 aromatic heterocycles. The second-order valence-electron chi connectivity index (χ2n) is 7.60. The topological polar surface area (TPSA) is 67.2 Å². The molecular formula is C24H41N3O. The van der Waals surface area contributed by atoms with Crippen LogP contribution < -0.4 is 16.6 Å². The predicted molar refractivity (Wildman–Crippen MR) is 122 cm³/mol. The number of carbonyl (C=O) groups excluding carboxylic acids is 1. The molecule has 0 saturated carbocycles. The Balaban J connectivity index is 1.89. The van der Waals surface area contributed by atoms with Gasteiger partial charge >= 0.3 is 0 Å². The van der Waals surface area contributed by atoms with Crippen molar-refractivity contribution in [3.63, 3.8) is 0 Å². The number of nitrogens with two attached hydrogens (primary N) is 1. The van der Waals surface area contributed by atoms with E-state index in [0.717, 1.165) is 24.2 Å². The number of anilines is 2. The van der Waals surface area contributed by atoms with Crippen molar-refractivity contribution in [2.75, 3.05) is 10.7 Å². The number of amides is 1. The number of rotatable bonds is 17. The van der Waals surface area contributed by atoms with E-state index in [0.29, 0.717) is 6.42 Å². The summed E-state index contributed by atoms with van der Waals surface area (Å²) in [4.78, 5) is 11.9. The molecule has 0 radical (unpaired) electrons. The molecule has 0 aliphatic heterocycles. The van der Waals surface area contributed by atoms with Crippen molar-refractivity contribution in [3.8, 4) is 0 Å². The Labute approximate surface area is 172 Å². The fraction of sp³-hybridized carbons (Fsp3) is 0.625. The van der Waals surface area contributed by atoms with E-state index in [9.17, 15) is 4.79 Å². The second-order valence-corrected chi connectivity index (χ2v) is 7.60. The third kappa shape index (κ3) is 13.4. The van der Waals surface area contributed by atoms with Crippen molar-refractivity contribution in [2.24, 2.45) is 5.84 Å². The number of allylic oxidation sites excluding steroid dienone is 2. The van der Waals surface area contributed by atoms with Crippen molar-refractivity contribution in [1.82, 2.24) is 0 Å². The standard InChI is InChI=1S/C24H41N3O/c1-2-3-4-5-6-7-8-9-10-11-12-13-14-15-16-17-24(28)26-22-18-20-23(27-25)21-19-22/h9-10,18-21,27H,2-8,11-17,25H2,1H3,(H,26,28)/b10-9-. The molecular weight excluding hydrogens is 346 g/mol. The average Bonchev–Trinajstić information content (AvgIpc) is 2.71. The Kier molecular flexibility index (Phi) is 15.0. The molecule has 0 fully saturated rings. The molecule has 1 amide bonds. The molecule has 1 rings (SSSR count). The number of unbranched alkanes of at least 4 members (excludes halogenated alkanes) is 11. The molecule has 0 aliphatic carbocycles. The van der Waals surface area contributed by atoms with Crippen LogP contribution in [0.3, 0.4) is 0 Å². The van der Waals surface area contributed by atoms with Crippen LogP contribution in [0.4, 0.5) is 11.4 Å². The van der Waals surface area contributed by atoms with Gasteiger partial charge in [0, 0.05) is 17.8 Å². The summed E-state index contributed by atoms with van der Waals surface area (Å²) in [5.74, 6) is 5.42. The van der Waals surface area contributed by atoms with Crippen LogP contribution in [0.1, 0.15) is 96.8 Å². The normalized spacial score (nSPS) is 11.1. The first-order valence-corrected chi connectivity index (χ1v) is 11.3. The van der Waals surface area contributed by atoms with Gasteiger partial charge in [0.05, 0.1) is 0 Å². The lowest BCUT2D eigenvalue weighted by atomic mass is 10.1. The third-order valence-electron chi connectivity index (χ3n) is 5.00. The van der Waals surface area contributed by atoms with Crippen LogP contribution in [-0.4, -0.2) is 5.91 Å². The van der Waals surface area contributed by atoms with Gasteiger partial charge in [-0.1, -0.05) is 70.4 Å². The van der Waals surface area contributed by atoms with Gasteiger partial charge in [-0.05, 0) is 56.4 Å². The van der Waals surface area contributed by atoms with Crippen LogP contribution >= 0.6 is 0 Å². The fourth-order valence-electron chi connectivity index (χ4n) is 3.23. The maximum atomic E-state index is 11.9. The first kappa shape index (κ1) is 24.2. The Morgan fingerprint density at radius 2 is 1.29 bits per heavy atom. The molecule has 0 saturated heterocycles. The van der Waals surface area contributed by atoms with Crippen molar-refractivity contribution < 1.29 is 4.79 Å². The maximum absolute atomic E-state index is 11.9. The summed E-state index contributed by atoms with van der Waals surface area (Å²) in [5, 5.41) is 2.93. The molecule has 1 aromatic carbocycles. The third-order valence-corrected chi connectivity index (χ3v) is 5.00. The van der Waals surface area contributed by atoms with Crippen molar-refractivity contribution in [3.05, 3.63) is 36.4 Å². The number of carbonyl (C=O) groups is 1. The van der Waals surface area contributed by atoms with E-state index in [1.807, 2.05) is 24.3 Å². The lowest BCUT2D eigenvalue weighted by Crippen LogP contribution is -2.11. The zero-order valence-corrected chi connectivity index (χ0v) is 17.8. The van der Waals surface area contributed by atoms with Gasteiger partial charge < -0.3 is 10.7 Å². The number of hydrogen-bond acceptors (Lipinski definition) is 3. The molecule has 4 N–H and O–H groups in total. The lowest BCUT2D eigenvalue weighted by molar-refractivity contribution is -0.116. The zero-order valence-electron chi connectivity index (χ0n) is 17.8. The summed E-state index contributed by atoms with van der Waals surface area (Å²) in [7, 11) is 0. The Morgan fingerprint density at radius 3 is 1.86 bits per heavy atom. The van der Waals surface area contributed by atoms with Crippen LogP contribution in [0.15, 0.2) is 36.4 Å². The fourth-order valence-corrected chi connectivity index (χ4v) is 3.23. The molecule has 4 nitrogen and oxygen atoms in total. The van der Waals surface area contributed by atoms with E-state index in [1.54, 1.807) is 0 Å². The maximum Gasteiger partial charge on any atom is 0.224 e. The molecule has 0 atom stereocenters. The highest BCUT2D eigenvalue weighted by Crippen LogP contribution is 2.14. The van der Waals surface area contributed by atoms with Gasteiger partial charge in [0.15, 0.2) is 0 Å². The highest BCUT2D eigenvalue weighted by Gasteiger charge is 2.02. The van der Waals surface area contributed by atoms with Gasteiger partial charge in [-0.2, -0.15) is 0 Å². The van der Waals surface area contributed by atoms with Gasteiger partial charge in [-0.3, -0.25) is 10.6 Å². The number of hydrogen-bond donors (Lipinski definition) is 3. The molecule has 0 unspecified atom stereocenters. The average molecular weight is 388 g/mol. The first-order valence-electron chi connectivity index (χ1n) is 11.3. The first-order chi connectivity index (χ1) is 13.8. The molecule has 0 heterocycles. The Morgan fingerprint density at radius 1 is 0.786 bits per heavy atom. The largest absolute Gasteiger partial charge is 0.326 e. The monoisotopic (exact) mass is 387 g/mol. The minimum absolute atomic E-state index is 0.0890. The number of nitrogens with one attached hydrogen (secondary N) is 2. The van der Waals surface area contributed by atoms with E-state index in [4.69, 9.17) is 5.84 Å². The summed E-state index contributed by atoms with van der Waals surface area (Å²) < 4.78 is 0. The van der Waals surface area contributed by atoms with E-state index in [-0.39, 0.29) is 5.91 Å². The van der Waals surface area contributed by atoms with Gasteiger partial charge in [0.25, 0.3) is 0 Å². The minimum atomic E-state index is 0.0890. The summed E-state index contributed by atoms with van der Waals surface area (Å²) >= 11 is 0. The van der Waals surface area contributed by atoms with Gasteiger partial charge in [-0.25, -0.2) is 0 Å². The highest BCUT2D eigenvalue weighted by atomic mass is 16.1. The minimum Gasteiger partial charge on any atom is -0.326 e.